The molecule has 0 aromatic heterocycles. The summed E-state index contributed by atoms with van der Waals surface area (Å²) in [7, 11) is 0. The van der Waals surface area contributed by atoms with Crippen LogP contribution in [0.25, 0.3) is 0 Å². The molecule has 1 aromatic rings. The van der Waals surface area contributed by atoms with Crippen molar-refractivity contribution in [3.05, 3.63) is 29.8 Å². The third-order valence-electron chi connectivity index (χ3n) is 2.16. The summed E-state index contributed by atoms with van der Waals surface area (Å²) in [4.78, 5) is 5.54. The highest BCUT2D eigenvalue weighted by Gasteiger charge is 2.06. The van der Waals surface area contributed by atoms with Crippen LogP contribution in [0.1, 0.15) is 5.56 Å². The number of thioether (sulfide) groups is 1. The Kier molecular flexibility index (Phi) is 3.64. The molecule has 1 aliphatic rings. The maximum absolute atomic E-state index is 8.70. The minimum absolute atomic E-state index is 0.223. The van der Waals surface area contributed by atoms with Crippen molar-refractivity contribution < 1.29 is 5.11 Å². The van der Waals surface area contributed by atoms with Crippen LogP contribution < -0.4 is 5.32 Å². The highest BCUT2D eigenvalue weighted by atomic mass is 32.2. The summed E-state index contributed by atoms with van der Waals surface area (Å²) in [5.41, 5.74) is 1.14. The molecule has 0 saturated carbocycles. The van der Waals surface area contributed by atoms with E-state index in [1.807, 2.05) is 0 Å². The zero-order valence-electron chi connectivity index (χ0n) is 8.44. The average Bonchev–Trinajstić information content (AvgIpc) is 2.80. The van der Waals surface area contributed by atoms with Crippen molar-refractivity contribution in [1.29, 1.82) is 0 Å². The number of benzene rings is 1. The molecular weight excluding hydrogens is 208 g/mol. The molecule has 4 heteroatoms. The summed E-state index contributed by atoms with van der Waals surface area (Å²) >= 11 is 1.66. The summed E-state index contributed by atoms with van der Waals surface area (Å²) < 4.78 is 0. The van der Waals surface area contributed by atoms with Crippen LogP contribution in [-0.2, 0) is 0 Å². The van der Waals surface area contributed by atoms with Crippen LogP contribution in [0.2, 0.25) is 0 Å². The van der Waals surface area contributed by atoms with Gasteiger partial charge < -0.3 is 10.4 Å². The Morgan fingerprint density at radius 3 is 2.73 bits per heavy atom. The number of rotatable bonds is 4. The van der Waals surface area contributed by atoms with Crippen molar-refractivity contribution in [2.24, 2.45) is 4.99 Å². The first-order chi connectivity index (χ1) is 7.40. The fraction of sp³-hybridized carbons (Fsp3) is 0.364. The van der Waals surface area contributed by atoms with Crippen LogP contribution in [0.5, 0.6) is 0 Å². The summed E-state index contributed by atoms with van der Waals surface area (Å²) in [6.45, 7) is 2.04. The number of nitrogens with zero attached hydrogens (tertiary/aromatic N) is 1. The molecule has 0 saturated heterocycles. The van der Waals surface area contributed by atoms with Gasteiger partial charge in [0.2, 0.25) is 0 Å². The van der Waals surface area contributed by atoms with Crippen molar-refractivity contribution >= 4 is 17.6 Å². The van der Waals surface area contributed by atoms with Gasteiger partial charge in [-0.15, -0.1) is 11.8 Å². The van der Waals surface area contributed by atoms with Crippen LogP contribution in [-0.4, -0.2) is 36.4 Å². The van der Waals surface area contributed by atoms with E-state index in [0.29, 0.717) is 0 Å². The molecule has 2 rings (SSSR count). The number of aliphatic hydroxyl groups excluding tert-OH is 1. The predicted octanol–water partition coefficient (Wildman–Crippen LogP) is 1.12. The van der Waals surface area contributed by atoms with Crippen LogP contribution in [0.4, 0.5) is 0 Å². The van der Waals surface area contributed by atoms with Crippen LogP contribution in [0.3, 0.4) is 0 Å². The minimum atomic E-state index is 0.223. The molecule has 0 amide bonds. The first-order valence-electron chi connectivity index (χ1n) is 5.02. The van der Waals surface area contributed by atoms with Crippen molar-refractivity contribution in [3.63, 3.8) is 0 Å². The van der Waals surface area contributed by atoms with Gasteiger partial charge in [-0.05, 0) is 12.1 Å². The Morgan fingerprint density at radius 1 is 1.33 bits per heavy atom. The fourth-order valence-corrected chi connectivity index (χ4v) is 2.12. The van der Waals surface area contributed by atoms with Gasteiger partial charge in [0, 0.05) is 22.8 Å². The fourth-order valence-electron chi connectivity index (χ4n) is 1.46. The zero-order valence-corrected chi connectivity index (χ0v) is 9.26. The highest BCUT2D eigenvalue weighted by molar-refractivity contribution is 7.99. The molecule has 3 nitrogen and oxygen atoms in total. The molecule has 0 atom stereocenters. The smallest absolute Gasteiger partial charge is 0.128 e. The number of hydrogen-bond donors (Lipinski definition) is 2. The van der Waals surface area contributed by atoms with E-state index in [2.05, 4.69) is 34.6 Å². The third kappa shape index (κ3) is 2.73. The summed E-state index contributed by atoms with van der Waals surface area (Å²) in [5.74, 6) is 1.74. The number of hydrogen-bond acceptors (Lipinski definition) is 4. The number of aliphatic imine (C=N–C) groups is 1. The molecule has 1 aromatic carbocycles. The summed E-state index contributed by atoms with van der Waals surface area (Å²) in [6, 6.07) is 8.27. The third-order valence-corrected chi connectivity index (χ3v) is 3.15. The summed E-state index contributed by atoms with van der Waals surface area (Å²) in [6.07, 6.45) is 0. The lowest BCUT2D eigenvalue weighted by atomic mass is 10.2. The van der Waals surface area contributed by atoms with Gasteiger partial charge >= 0.3 is 0 Å². The van der Waals surface area contributed by atoms with E-state index in [9.17, 15) is 0 Å². The van der Waals surface area contributed by atoms with Crippen molar-refractivity contribution in [2.75, 3.05) is 25.4 Å². The van der Waals surface area contributed by atoms with Crippen molar-refractivity contribution in [1.82, 2.24) is 5.32 Å². The monoisotopic (exact) mass is 222 g/mol. The van der Waals surface area contributed by atoms with Crippen molar-refractivity contribution in [3.8, 4) is 0 Å². The second-order valence-electron chi connectivity index (χ2n) is 3.25. The van der Waals surface area contributed by atoms with Gasteiger partial charge in [0.1, 0.15) is 5.84 Å². The van der Waals surface area contributed by atoms with E-state index >= 15 is 0 Å². The maximum atomic E-state index is 8.70. The Bertz CT molecular complexity index is 348. The molecule has 2 N–H and O–H groups in total. The molecular formula is C11H14N2OS. The first kappa shape index (κ1) is 10.5. The van der Waals surface area contributed by atoms with E-state index in [1.165, 1.54) is 4.90 Å². The number of amidine groups is 1. The predicted molar refractivity (Wildman–Crippen MR) is 63.7 cm³/mol. The SMILES string of the molecule is OCCSc1ccc(C2=NCCN2)cc1. The lowest BCUT2D eigenvalue weighted by Gasteiger charge is -2.03. The lowest BCUT2D eigenvalue weighted by molar-refractivity contribution is 0.322. The molecule has 0 aliphatic carbocycles. The standard InChI is InChI=1S/C11H14N2OS/c14-7-8-15-10-3-1-9(2-4-10)11-12-5-6-13-11/h1-4,14H,5-8H2,(H,12,13). The Labute approximate surface area is 93.6 Å². The van der Waals surface area contributed by atoms with E-state index in [-0.39, 0.29) is 6.61 Å². The van der Waals surface area contributed by atoms with E-state index in [1.54, 1.807) is 11.8 Å². The largest absolute Gasteiger partial charge is 0.396 e. The first-order valence-corrected chi connectivity index (χ1v) is 6.01. The van der Waals surface area contributed by atoms with Crippen LogP contribution in [0.15, 0.2) is 34.2 Å². The molecule has 80 valence electrons. The van der Waals surface area contributed by atoms with Crippen LogP contribution >= 0.6 is 11.8 Å². The van der Waals surface area contributed by atoms with Gasteiger partial charge in [0.15, 0.2) is 0 Å². The zero-order chi connectivity index (χ0) is 10.5. The highest BCUT2D eigenvalue weighted by Crippen LogP contribution is 2.18. The topological polar surface area (TPSA) is 44.6 Å². The molecule has 0 fully saturated rings. The molecule has 0 spiro atoms. The Morgan fingerprint density at radius 2 is 2.13 bits per heavy atom. The maximum Gasteiger partial charge on any atom is 0.128 e. The molecule has 1 heterocycles. The lowest BCUT2D eigenvalue weighted by Crippen LogP contribution is -2.19. The molecule has 0 unspecified atom stereocenters. The molecule has 15 heavy (non-hydrogen) atoms. The number of aliphatic hydroxyl groups is 1. The van der Waals surface area contributed by atoms with Gasteiger partial charge in [-0.2, -0.15) is 0 Å². The Hall–Kier alpha value is -1.00. The Balaban J connectivity index is 2.03. The van der Waals surface area contributed by atoms with Gasteiger partial charge in [0.05, 0.1) is 13.2 Å². The quantitative estimate of drug-likeness (QED) is 0.750. The minimum Gasteiger partial charge on any atom is -0.396 e. The van der Waals surface area contributed by atoms with Gasteiger partial charge in [-0.25, -0.2) is 0 Å². The van der Waals surface area contributed by atoms with Gasteiger partial charge in [0.25, 0.3) is 0 Å². The van der Waals surface area contributed by atoms with E-state index in [4.69, 9.17) is 5.11 Å². The van der Waals surface area contributed by atoms with Gasteiger partial charge in [-0.3, -0.25) is 4.99 Å². The van der Waals surface area contributed by atoms with Gasteiger partial charge in [-0.1, -0.05) is 12.1 Å². The average molecular weight is 222 g/mol. The van der Waals surface area contributed by atoms with E-state index in [0.717, 1.165) is 30.2 Å². The molecule has 0 radical (unpaired) electrons. The molecule has 0 bridgehead atoms. The second kappa shape index (κ2) is 5.19. The van der Waals surface area contributed by atoms with E-state index < -0.39 is 0 Å². The number of nitrogens with one attached hydrogen (secondary N) is 1. The molecule has 1 aliphatic heterocycles. The normalized spacial score (nSPS) is 14.9. The summed E-state index contributed by atoms with van der Waals surface area (Å²) in [5, 5.41) is 11.9. The van der Waals surface area contributed by atoms with Crippen LogP contribution in [0, 0.1) is 0 Å². The second-order valence-corrected chi connectivity index (χ2v) is 4.42. The van der Waals surface area contributed by atoms with Crippen molar-refractivity contribution in [2.45, 2.75) is 4.90 Å².